The second-order valence-electron chi connectivity index (χ2n) is 35.8. The molecule has 8 aromatic rings. The van der Waals surface area contributed by atoms with E-state index in [0.29, 0.717) is 81.0 Å². The number of para-hydroxylation sites is 3. The van der Waals surface area contributed by atoms with Gasteiger partial charge in [-0.25, -0.2) is 4.98 Å². The van der Waals surface area contributed by atoms with Crippen LogP contribution in [0.5, 0.6) is 0 Å². The first kappa shape index (κ1) is 106. The van der Waals surface area contributed by atoms with Crippen molar-refractivity contribution < 1.29 is 86.6 Å². The summed E-state index contributed by atoms with van der Waals surface area (Å²) in [5.74, 6) is -20.3. The zero-order valence-electron chi connectivity index (χ0n) is 79.0. The Morgan fingerprint density at radius 2 is 1.04 bits per heavy atom. The topological polar surface area (TPSA) is 589 Å². The van der Waals surface area contributed by atoms with Crippen molar-refractivity contribution in [2.75, 3.05) is 72.5 Å². The molecule has 40 heteroatoms. The van der Waals surface area contributed by atoms with Crippen LogP contribution in [0.15, 0.2) is 134 Å². The van der Waals surface area contributed by atoms with Gasteiger partial charge in [0, 0.05) is 173 Å². The fourth-order valence-corrected chi connectivity index (χ4v) is 18.8. The molecule has 0 bridgehead atoms. The number of aromatic nitrogens is 5. The lowest BCUT2D eigenvalue weighted by Crippen LogP contribution is -2.58. The molecule has 19 N–H and O–H groups in total. The Hall–Kier alpha value is -13.9. The summed E-state index contributed by atoms with van der Waals surface area (Å²) in [6, 6.07) is 17.2. The highest BCUT2D eigenvalue weighted by Crippen LogP contribution is 2.32. The van der Waals surface area contributed by atoms with E-state index in [1.807, 2.05) is 38.1 Å². The monoisotopic (exact) mass is 1920 g/mol. The van der Waals surface area contributed by atoms with E-state index < -0.39 is 241 Å². The largest absolute Gasteiger partial charge is 0.396 e. The SMILES string of the molecule is CCCC[C@H]1C(=O)N(C)[C@@H](CCCC)C(=O)C[C@@H](CCCNC(=N)N)C(=O)N[C@H](C(=O)NCC(N)=O)CSCC(=O)N[C@@H](Cc2ccccc2)C(=O)N(C)[C@@H](C)C(=O)N[C@@H](CC(N)=O)C(=O)N2CCC[C@H]2C(=O)C[C@@H](Cc2cnc[nH]2)C(=O)C[C@@H](Cc2c[nH]c3ccccc23)C(=O)N(C)CC(=O)N[C@@H](Cc2c[nH]c3ccccc23)C(=O)C[C@@H](CO)C(=O)N[C@@H](Cc2c[nH]c3ccccc23)C(=O)N1C. The van der Waals surface area contributed by atoms with E-state index in [2.05, 4.69) is 62.1 Å². The minimum Gasteiger partial charge on any atom is -0.396 e. The number of benzene rings is 4. The number of thioether (sulfide) groups is 1. The van der Waals surface area contributed by atoms with Crippen LogP contribution in [0.2, 0.25) is 0 Å². The number of guanidine groups is 1. The number of H-pyrrole nitrogens is 4. The van der Waals surface area contributed by atoms with Gasteiger partial charge >= 0.3 is 0 Å². The van der Waals surface area contributed by atoms with Crippen LogP contribution in [0.25, 0.3) is 32.7 Å². The van der Waals surface area contributed by atoms with Gasteiger partial charge in [0.2, 0.25) is 76.8 Å². The van der Waals surface area contributed by atoms with Gasteiger partial charge in [-0.1, -0.05) is 124 Å². The van der Waals surface area contributed by atoms with Gasteiger partial charge < -0.3 is 104 Å². The average molecular weight is 1920 g/mol. The lowest BCUT2D eigenvalue weighted by molar-refractivity contribution is -0.149. The maximum Gasteiger partial charge on any atom is 0.246 e. The van der Waals surface area contributed by atoms with Crippen molar-refractivity contribution in [3.63, 3.8) is 0 Å². The van der Waals surface area contributed by atoms with Crippen molar-refractivity contribution in [1.82, 2.24) is 86.6 Å². The number of unbranched alkanes of at least 4 members (excludes halogenated alkanes) is 2. The van der Waals surface area contributed by atoms with E-state index in [9.17, 15) is 38.7 Å². The summed E-state index contributed by atoms with van der Waals surface area (Å²) in [5, 5.41) is 40.0. The van der Waals surface area contributed by atoms with Crippen LogP contribution in [0.3, 0.4) is 0 Å². The number of hydrogen-bond acceptors (Lipinski definition) is 21. The summed E-state index contributed by atoms with van der Waals surface area (Å²) >= 11 is 0.823. The fourth-order valence-electron chi connectivity index (χ4n) is 17.9. The highest BCUT2D eigenvalue weighted by molar-refractivity contribution is 8.00. The Kier molecular flexibility index (Phi) is 39.5. The Morgan fingerprint density at radius 1 is 0.507 bits per heavy atom. The lowest BCUT2D eigenvalue weighted by atomic mass is 9.84. The first-order chi connectivity index (χ1) is 66.1. The predicted octanol–water partition coefficient (Wildman–Crippen LogP) is 2.90. The molecule has 13 atom stereocenters. The van der Waals surface area contributed by atoms with Gasteiger partial charge in [0.15, 0.2) is 23.3 Å². The molecule has 0 radical (unpaired) electrons. The molecule has 4 aromatic heterocycles. The van der Waals surface area contributed by atoms with E-state index in [0.717, 1.165) is 26.9 Å². The van der Waals surface area contributed by atoms with Crippen LogP contribution in [-0.2, 0) is 114 Å². The third kappa shape index (κ3) is 29.3. The number of nitrogens with zero attached hydrogens (tertiary/aromatic N) is 6. The molecule has 2 fully saturated rings. The highest BCUT2D eigenvalue weighted by Gasteiger charge is 2.44. The number of likely N-dealkylation sites (N-methyl/N-ethyl adjacent to an activating group) is 4. The number of primary amides is 2. The van der Waals surface area contributed by atoms with Gasteiger partial charge in [0.1, 0.15) is 42.0 Å². The van der Waals surface area contributed by atoms with Crippen LogP contribution >= 0.6 is 11.8 Å². The van der Waals surface area contributed by atoms with Crippen LogP contribution in [0.1, 0.15) is 145 Å². The number of amides is 13. The van der Waals surface area contributed by atoms with Crippen LogP contribution < -0.4 is 54.4 Å². The standard InChI is InChI=1S/C98H129N21O18S/c1-8-10-32-78-83(123)42-59(25-21-35-104-98(101)102)90(130)114-77(92(132)108-51-86(100)126)54-138-55-88(128)111-74(37-58-23-13-12-14-24-58)94(134)116(5)57(3)89(129)112-76(46-85(99)125)96(136)119-36-22-34-79(119)84(124)43-60(39-66-50-103-56-109-66)81(121)44-61(38-62-47-105-70-29-18-15-26-67(62)70)93(133)115(4)52-87(127)110-73(40-63-48-106-71-30-19-16-27-68(63)71)82(122)45-65(53-120)91(131)113-75(41-64-49-107-72-31-20-17-28-69(64)72)95(135)118(7)80(33-11-9-2)97(137)117(78)6/h12-20,23-24,26-31,47-50,56-57,59-61,65,73-80,105-107,120H,8-11,21-22,25,32-46,51-55H2,1-7H3,(H2,99,125)(H2,100,126)(H,103,109)(H,108,132)(H,110,127)(H,111,128)(H,112,129)(H,113,131)(H,114,130)(H4,101,102,104)/t57-,59+,60+,61+,65-,73-,74-,75-,76-,77-,78-,79-,80-/m0/s1. The predicted molar refractivity (Wildman–Crippen MR) is 517 cm³/mol. The molecule has 6 heterocycles. The Labute approximate surface area is 803 Å². The number of aliphatic hydroxyl groups is 1. The number of nitrogens with two attached hydrogens (primary N) is 3. The zero-order chi connectivity index (χ0) is 100.0. The number of Topliss-reactive ketones (excluding diaryl/α,β-unsaturated/α-hetero) is 4. The van der Waals surface area contributed by atoms with Gasteiger partial charge in [-0.2, -0.15) is 0 Å². The van der Waals surface area contributed by atoms with Gasteiger partial charge in [0.05, 0.1) is 62.2 Å². The quantitative estimate of drug-likeness (QED) is 0.0210. The van der Waals surface area contributed by atoms with E-state index in [-0.39, 0.29) is 89.5 Å². The number of aromatic amines is 4. The van der Waals surface area contributed by atoms with Crippen molar-refractivity contribution >= 4 is 150 Å². The molecule has 740 valence electrons. The van der Waals surface area contributed by atoms with Crippen molar-refractivity contribution in [2.45, 2.75) is 204 Å². The third-order valence-corrected chi connectivity index (χ3v) is 26.8. The van der Waals surface area contributed by atoms with Gasteiger partial charge in [0.25, 0.3) is 0 Å². The molecule has 0 unspecified atom stereocenters. The fraction of sp³-hybridized carbons (Fsp3) is 0.480. The second kappa shape index (κ2) is 51.3. The summed E-state index contributed by atoms with van der Waals surface area (Å²) in [5.41, 5.74) is 21.7. The maximum absolute atomic E-state index is 15.8. The van der Waals surface area contributed by atoms with Gasteiger partial charge in [-0.15, -0.1) is 11.8 Å². The van der Waals surface area contributed by atoms with Gasteiger partial charge in [-0.3, -0.25) is 86.9 Å². The molecule has 138 heavy (non-hydrogen) atoms. The molecule has 2 aliphatic heterocycles. The second-order valence-corrected chi connectivity index (χ2v) is 36.8. The van der Waals surface area contributed by atoms with E-state index >= 15 is 47.9 Å². The summed E-state index contributed by atoms with van der Waals surface area (Å²) in [6.45, 7) is 2.72. The maximum atomic E-state index is 15.8. The minimum atomic E-state index is -1.71. The zero-order valence-corrected chi connectivity index (χ0v) is 79.8. The average Bonchev–Trinajstić information content (AvgIpc) is 1.53. The van der Waals surface area contributed by atoms with Crippen LogP contribution in [-0.4, -0.2) is 287 Å². The number of nitrogens with one attached hydrogen (secondary N) is 12. The van der Waals surface area contributed by atoms with Gasteiger partial charge in [-0.05, 0) is 98.7 Å². The third-order valence-electron chi connectivity index (χ3n) is 25.7. The van der Waals surface area contributed by atoms with E-state index in [1.165, 1.54) is 62.3 Å². The highest BCUT2D eigenvalue weighted by atomic mass is 32.2. The Morgan fingerprint density at radius 3 is 1.63 bits per heavy atom. The first-order valence-electron chi connectivity index (χ1n) is 46.8. The molecular weight excluding hydrogens is 1790 g/mol. The number of rotatable bonds is 26. The Balaban J connectivity index is 1.02. The van der Waals surface area contributed by atoms with Crippen molar-refractivity contribution in [3.05, 3.63) is 162 Å². The normalized spacial score (nSPS) is 23.2. The number of hydrogen-bond donors (Lipinski definition) is 16. The lowest BCUT2D eigenvalue weighted by Gasteiger charge is -2.36. The van der Waals surface area contributed by atoms with E-state index in [4.69, 9.17) is 22.6 Å². The van der Waals surface area contributed by atoms with Crippen LogP contribution in [0, 0.1) is 29.1 Å². The molecule has 2 saturated heterocycles. The number of carbonyl (C=O) groups is 17. The number of imidazole rings is 1. The summed E-state index contributed by atoms with van der Waals surface area (Å²) in [7, 11) is 5.43. The van der Waals surface area contributed by atoms with Crippen molar-refractivity contribution in [3.8, 4) is 0 Å². The molecule has 39 nitrogen and oxygen atoms in total. The summed E-state index contributed by atoms with van der Waals surface area (Å²) in [6.07, 6.45) is 6.36. The van der Waals surface area contributed by atoms with Crippen LogP contribution in [0.4, 0.5) is 0 Å². The number of fused-ring (bicyclic) bond motifs is 4. The van der Waals surface area contributed by atoms with E-state index in [1.54, 1.807) is 97.5 Å². The first-order valence-corrected chi connectivity index (χ1v) is 47.9. The molecule has 4 aromatic carbocycles. The molecular formula is C98H129N21O18S. The summed E-state index contributed by atoms with van der Waals surface area (Å²) < 4.78 is 0. The van der Waals surface area contributed by atoms with Crippen molar-refractivity contribution in [1.29, 1.82) is 5.41 Å². The molecule has 0 saturated carbocycles. The van der Waals surface area contributed by atoms with Crippen molar-refractivity contribution in [2.24, 2.45) is 40.9 Å². The number of ketones is 4. The smallest absolute Gasteiger partial charge is 0.246 e. The Bertz CT molecular complexity index is 5660. The number of aliphatic hydroxyl groups excluding tert-OH is 1. The minimum absolute atomic E-state index is 0.0380. The molecule has 2 aliphatic rings. The molecule has 0 aliphatic carbocycles. The number of carbonyl (C=O) groups excluding carboxylic acids is 17. The molecule has 13 amide bonds. The summed E-state index contributed by atoms with van der Waals surface area (Å²) in [4.78, 5) is 274. The molecule has 0 spiro atoms. The molecule has 10 rings (SSSR count).